The molecule has 2 aliphatic rings. The van der Waals surface area contributed by atoms with Gasteiger partial charge in [0, 0.05) is 17.8 Å². The second-order valence-electron chi connectivity index (χ2n) is 7.25. The molecule has 0 spiro atoms. The Morgan fingerprint density at radius 2 is 2.00 bits per heavy atom. The molecule has 1 heterocycles. The molecule has 4 atom stereocenters. The number of fused-ring (bicyclic) bond motifs is 1. The summed E-state index contributed by atoms with van der Waals surface area (Å²) in [6.45, 7) is 7.28. The molecule has 1 aromatic rings. The van der Waals surface area contributed by atoms with Gasteiger partial charge in [0.2, 0.25) is 5.91 Å². The summed E-state index contributed by atoms with van der Waals surface area (Å²) in [5.74, 6) is 1.47. The molecule has 1 aliphatic carbocycles. The number of nitrogens with one attached hydrogen (secondary N) is 1. The normalized spacial score (nSPS) is 31.0. The molecule has 1 aliphatic heterocycles. The minimum atomic E-state index is 0.175. The van der Waals surface area contributed by atoms with E-state index in [2.05, 4.69) is 55.3 Å². The van der Waals surface area contributed by atoms with Gasteiger partial charge in [-0.3, -0.25) is 4.79 Å². The van der Waals surface area contributed by atoms with Gasteiger partial charge in [0.15, 0.2) is 0 Å². The Kier molecular flexibility index (Phi) is 4.42. The van der Waals surface area contributed by atoms with Crippen molar-refractivity contribution in [2.45, 2.75) is 58.5 Å². The second kappa shape index (κ2) is 6.31. The maximum absolute atomic E-state index is 12.5. The van der Waals surface area contributed by atoms with Crippen LogP contribution >= 0.6 is 0 Å². The fourth-order valence-corrected chi connectivity index (χ4v) is 4.06. The van der Waals surface area contributed by atoms with Crippen LogP contribution in [-0.4, -0.2) is 24.5 Å². The molecular weight excluding hydrogens is 272 g/mol. The number of carbonyl (C=O) groups is 1. The molecule has 1 saturated carbocycles. The first-order valence-electron chi connectivity index (χ1n) is 8.70. The smallest absolute Gasteiger partial charge is 0.239 e. The first kappa shape index (κ1) is 15.4. The van der Waals surface area contributed by atoms with Gasteiger partial charge in [0.1, 0.15) is 0 Å². The minimum Gasteiger partial charge on any atom is -0.359 e. The van der Waals surface area contributed by atoms with Gasteiger partial charge in [-0.2, -0.15) is 0 Å². The summed E-state index contributed by atoms with van der Waals surface area (Å²) in [6, 6.07) is 9.22. The molecule has 0 saturated heterocycles. The third-order valence-electron chi connectivity index (χ3n) is 5.72. The molecule has 3 nitrogen and oxygen atoms in total. The molecule has 1 amide bonds. The van der Waals surface area contributed by atoms with Crippen molar-refractivity contribution in [3.8, 4) is 0 Å². The van der Waals surface area contributed by atoms with Crippen molar-refractivity contribution in [3.05, 3.63) is 29.8 Å². The van der Waals surface area contributed by atoms with Crippen LogP contribution < -0.4 is 10.2 Å². The fraction of sp³-hybridized carbons (Fsp3) is 0.632. The number of hydrogen-bond acceptors (Lipinski definition) is 2. The fourth-order valence-electron chi connectivity index (χ4n) is 4.06. The van der Waals surface area contributed by atoms with Gasteiger partial charge in [0.05, 0.1) is 6.54 Å². The topological polar surface area (TPSA) is 32.3 Å². The third kappa shape index (κ3) is 2.99. The van der Waals surface area contributed by atoms with Crippen LogP contribution in [0.5, 0.6) is 0 Å². The van der Waals surface area contributed by atoms with E-state index in [0.717, 1.165) is 12.8 Å². The first-order chi connectivity index (χ1) is 10.6. The van der Waals surface area contributed by atoms with Crippen LogP contribution in [0.15, 0.2) is 24.3 Å². The minimum absolute atomic E-state index is 0.175. The molecule has 0 aromatic heterocycles. The van der Waals surface area contributed by atoms with E-state index in [-0.39, 0.29) is 5.91 Å². The molecule has 1 N–H and O–H groups in total. The molecule has 22 heavy (non-hydrogen) atoms. The monoisotopic (exact) mass is 300 g/mol. The van der Waals surface area contributed by atoms with Gasteiger partial charge in [-0.1, -0.05) is 44.9 Å². The largest absolute Gasteiger partial charge is 0.359 e. The van der Waals surface area contributed by atoms with Gasteiger partial charge in [-0.25, -0.2) is 0 Å². The highest BCUT2D eigenvalue weighted by atomic mass is 16.2. The highest BCUT2D eigenvalue weighted by Gasteiger charge is 2.30. The molecular formula is C19H28N2O. The van der Waals surface area contributed by atoms with Crippen LogP contribution in [0.2, 0.25) is 0 Å². The van der Waals surface area contributed by atoms with Crippen molar-refractivity contribution >= 4 is 11.6 Å². The lowest BCUT2D eigenvalue weighted by molar-refractivity contribution is -0.121. The molecule has 0 bridgehead atoms. The first-order valence-corrected chi connectivity index (χ1v) is 8.70. The average molecular weight is 300 g/mol. The molecule has 3 heteroatoms. The van der Waals surface area contributed by atoms with Crippen molar-refractivity contribution < 1.29 is 4.79 Å². The summed E-state index contributed by atoms with van der Waals surface area (Å²) in [6.07, 6.45) is 4.70. The van der Waals surface area contributed by atoms with Crippen LogP contribution in [0.3, 0.4) is 0 Å². The molecule has 120 valence electrons. The Bertz CT molecular complexity index is 542. The van der Waals surface area contributed by atoms with E-state index in [1.165, 1.54) is 24.1 Å². The SMILES string of the molecule is C[C@@H]1[C@H](C)CCC[C@@H]1NC(=O)CN1c2ccccc2C[C@@H]1C. The molecule has 0 unspecified atom stereocenters. The van der Waals surface area contributed by atoms with E-state index >= 15 is 0 Å². The highest BCUT2D eigenvalue weighted by molar-refractivity contribution is 5.82. The van der Waals surface area contributed by atoms with E-state index in [4.69, 9.17) is 0 Å². The number of benzene rings is 1. The van der Waals surface area contributed by atoms with Gasteiger partial charge in [-0.05, 0) is 43.2 Å². The van der Waals surface area contributed by atoms with Crippen LogP contribution in [0.4, 0.5) is 5.69 Å². The highest BCUT2D eigenvalue weighted by Crippen LogP contribution is 2.32. The quantitative estimate of drug-likeness (QED) is 0.928. The number of para-hydroxylation sites is 1. The number of hydrogen-bond donors (Lipinski definition) is 1. The molecule has 0 radical (unpaired) electrons. The number of nitrogens with zero attached hydrogens (tertiary/aromatic N) is 1. The summed E-state index contributed by atoms with van der Waals surface area (Å²) in [4.78, 5) is 14.8. The van der Waals surface area contributed by atoms with Gasteiger partial charge in [0.25, 0.3) is 0 Å². The average Bonchev–Trinajstić information content (AvgIpc) is 2.80. The maximum atomic E-state index is 12.5. The second-order valence-corrected chi connectivity index (χ2v) is 7.25. The van der Waals surface area contributed by atoms with E-state index in [0.29, 0.717) is 30.5 Å². The Morgan fingerprint density at radius 1 is 1.23 bits per heavy atom. The number of carbonyl (C=O) groups excluding carboxylic acids is 1. The summed E-state index contributed by atoms with van der Waals surface area (Å²) in [7, 11) is 0. The summed E-state index contributed by atoms with van der Waals surface area (Å²) >= 11 is 0. The molecule has 3 rings (SSSR count). The zero-order chi connectivity index (χ0) is 15.7. The standard InChI is InChI=1S/C19H28N2O/c1-13-7-6-9-17(15(13)3)20-19(22)12-21-14(2)11-16-8-4-5-10-18(16)21/h4-5,8,10,13-15,17H,6-7,9,11-12H2,1-3H3,(H,20,22)/t13-,14+,15-,17+/m1/s1. The van der Waals surface area contributed by atoms with Crippen LogP contribution in [-0.2, 0) is 11.2 Å². The summed E-state index contributed by atoms with van der Waals surface area (Å²) in [5.41, 5.74) is 2.60. The summed E-state index contributed by atoms with van der Waals surface area (Å²) < 4.78 is 0. The van der Waals surface area contributed by atoms with E-state index in [9.17, 15) is 4.79 Å². The van der Waals surface area contributed by atoms with Crippen molar-refractivity contribution in [2.24, 2.45) is 11.8 Å². The van der Waals surface area contributed by atoms with Gasteiger partial charge < -0.3 is 10.2 Å². The van der Waals surface area contributed by atoms with Crippen molar-refractivity contribution in [3.63, 3.8) is 0 Å². The molecule has 1 aromatic carbocycles. The van der Waals surface area contributed by atoms with E-state index in [1.54, 1.807) is 0 Å². The molecule has 1 fully saturated rings. The number of amides is 1. The lowest BCUT2D eigenvalue weighted by atomic mass is 9.78. The lowest BCUT2D eigenvalue weighted by Crippen LogP contribution is -2.48. The van der Waals surface area contributed by atoms with Crippen molar-refractivity contribution in [2.75, 3.05) is 11.4 Å². The zero-order valence-electron chi connectivity index (χ0n) is 14.0. The van der Waals surface area contributed by atoms with E-state index in [1.807, 2.05) is 0 Å². The zero-order valence-corrected chi connectivity index (χ0v) is 14.0. The summed E-state index contributed by atoms with van der Waals surface area (Å²) in [5, 5.41) is 3.30. The van der Waals surface area contributed by atoms with Gasteiger partial charge in [-0.15, -0.1) is 0 Å². The van der Waals surface area contributed by atoms with Crippen LogP contribution in [0.25, 0.3) is 0 Å². The maximum Gasteiger partial charge on any atom is 0.239 e. The predicted molar refractivity (Wildman–Crippen MR) is 91.1 cm³/mol. The van der Waals surface area contributed by atoms with Crippen LogP contribution in [0.1, 0.15) is 45.6 Å². The van der Waals surface area contributed by atoms with Crippen molar-refractivity contribution in [1.82, 2.24) is 5.32 Å². The Hall–Kier alpha value is -1.51. The van der Waals surface area contributed by atoms with Crippen LogP contribution in [0, 0.1) is 11.8 Å². The van der Waals surface area contributed by atoms with Gasteiger partial charge >= 0.3 is 0 Å². The Balaban J connectivity index is 1.62. The Morgan fingerprint density at radius 3 is 2.82 bits per heavy atom. The van der Waals surface area contributed by atoms with Crippen molar-refractivity contribution in [1.29, 1.82) is 0 Å². The Labute approximate surface area is 134 Å². The van der Waals surface area contributed by atoms with E-state index < -0.39 is 0 Å². The number of anilines is 1. The predicted octanol–water partition coefficient (Wildman–Crippen LogP) is 3.38. The number of rotatable bonds is 3. The lowest BCUT2D eigenvalue weighted by Gasteiger charge is -2.35. The third-order valence-corrected chi connectivity index (χ3v) is 5.72.